The van der Waals surface area contributed by atoms with Gasteiger partial charge in [-0.25, -0.2) is 4.79 Å². The number of nitrogens with zero attached hydrogens (tertiary/aromatic N) is 1. The molecular weight excluding hydrogens is 452 g/mol. The van der Waals surface area contributed by atoms with E-state index < -0.39 is 12.2 Å². The van der Waals surface area contributed by atoms with Crippen LogP contribution in [0.2, 0.25) is 0 Å². The van der Waals surface area contributed by atoms with Crippen molar-refractivity contribution in [2.45, 2.75) is 82.7 Å². The first kappa shape index (κ1) is 27.4. The van der Waals surface area contributed by atoms with Gasteiger partial charge in [-0.3, -0.25) is 4.79 Å². The second-order valence-electron chi connectivity index (χ2n) is 10.5. The van der Waals surface area contributed by atoms with Crippen LogP contribution in [-0.4, -0.2) is 86.6 Å². The van der Waals surface area contributed by atoms with E-state index in [2.05, 4.69) is 37.4 Å². The van der Waals surface area contributed by atoms with Crippen LogP contribution in [0.1, 0.15) is 47.0 Å². The number of rotatable bonds is 8. The Bertz CT molecular complexity index is 831. The number of carbonyl (C=O) groups is 2. The molecule has 3 atom stereocenters. The summed E-state index contributed by atoms with van der Waals surface area (Å²) in [5, 5.41) is 2.83. The van der Waals surface area contributed by atoms with E-state index in [0.717, 1.165) is 25.0 Å². The van der Waals surface area contributed by atoms with Crippen molar-refractivity contribution in [1.29, 1.82) is 0 Å². The molecule has 1 unspecified atom stereocenters. The highest BCUT2D eigenvalue weighted by atomic mass is 16.7. The van der Waals surface area contributed by atoms with Crippen molar-refractivity contribution in [3.05, 3.63) is 36.0 Å². The molecule has 35 heavy (non-hydrogen) atoms. The Balaban J connectivity index is 1.35. The van der Waals surface area contributed by atoms with Gasteiger partial charge in [0.1, 0.15) is 6.10 Å². The summed E-state index contributed by atoms with van der Waals surface area (Å²) in [6, 6.07) is -0.239. The molecule has 3 fully saturated rings. The Morgan fingerprint density at radius 3 is 2.51 bits per heavy atom. The molecule has 0 aliphatic carbocycles. The van der Waals surface area contributed by atoms with Gasteiger partial charge < -0.3 is 33.9 Å². The predicted octanol–water partition coefficient (Wildman–Crippen LogP) is 3.11. The van der Waals surface area contributed by atoms with Crippen molar-refractivity contribution < 1.29 is 33.3 Å². The summed E-state index contributed by atoms with van der Waals surface area (Å²) in [6.07, 6.45) is 10.3. The first-order valence-corrected chi connectivity index (χ1v) is 12.2. The Morgan fingerprint density at radius 1 is 1.20 bits per heavy atom. The van der Waals surface area contributed by atoms with Crippen molar-refractivity contribution in [1.82, 2.24) is 10.2 Å². The fourth-order valence-corrected chi connectivity index (χ4v) is 4.28. The second-order valence-corrected chi connectivity index (χ2v) is 10.5. The number of hydrogen-bond donors (Lipinski definition) is 1. The van der Waals surface area contributed by atoms with E-state index >= 15 is 0 Å². The molecule has 3 saturated heterocycles. The highest BCUT2D eigenvalue weighted by molar-refractivity contribution is 5.87. The molecular formula is C26H40N2O7. The van der Waals surface area contributed by atoms with Gasteiger partial charge in [-0.15, -0.1) is 0 Å². The maximum absolute atomic E-state index is 12.1. The molecule has 3 aliphatic rings. The number of hydrogen-bond acceptors (Lipinski definition) is 7. The molecule has 0 radical (unpaired) electrons. The van der Waals surface area contributed by atoms with Gasteiger partial charge in [0.25, 0.3) is 0 Å². The van der Waals surface area contributed by atoms with Crippen LogP contribution in [0, 0.1) is 0 Å². The van der Waals surface area contributed by atoms with E-state index in [4.69, 9.17) is 23.7 Å². The average Bonchev–Trinajstić information content (AvgIpc) is 3.51. The van der Waals surface area contributed by atoms with Crippen LogP contribution in [0.25, 0.3) is 0 Å². The van der Waals surface area contributed by atoms with E-state index in [0.29, 0.717) is 19.6 Å². The number of nitrogens with one attached hydrogen (secondary N) is 1. The van der Waals surface area contributed by atoms with Gasteiger partial charge in [0.15, 0.2) is 6.29 Å². The molecule has 3 aliphatic heterocycles. The van der Waals surface area contributed by atoms with E-state index in [1.54, 1.807) is 21.0 Å². The molecule has 1 N–H and O–H groups in total. The molecule has 2 amide bonds. The Labute approximate surface area is 208 Å². The van der Waals surface area contributed by atoms with Crippen LogP contribution in [0.4, 0.5) is 4.79 Å². The van der Waals surface area contributed by atoms with E-state index in [-0.39, 0.29) is 35.5 Å². The molecule has 1 spiro atoms. The highest BCUT2D eigenvalue weighted by Gasteiger charge is 2.53. The number of carbonyl (C=O) groups excluding carboxylic acids is 2. The topological polar surface area (TPSA) is 98.9 Å². The number of ether oxygens (including phenoxy) is 5. The maximum Gasteiger partial charge on any atom is 0.409 e. The van der Waals surface area contributed by atoms with E-state index in [1.807, 2.05) is 6.92 Å². The summed E-state index contributed by atoms with van der Waals surface area (Å²) >= 11 is 0. The van der Waals surface area contributed by atoms with Crippen molar-refractivity contribution >= 4 is 12.0 Å². The molecule has 0 bridgehead atoms. The zero-order valence-electron chi connectivity index (χ0n) is 21.7. The van der Waals surface area contributed by atoms with Crippen LogP contribution in [-0.2, 0) is 28.5 Å². The van der Waals surface area contributed by atoms with Crippen LogP contribution in [0.3, 0.4) is 0 Å². The molecule has 0 aromatic rings. The largest absolute Gasteiger partial charge is 0.442 e. The lowest BCUT2D eigenvalue weighted by Gasteiger charge is -2.38. The molecule has 9 heteroatoms. The summed E-state index contributed by atoms with van der Waals surface area (Å²) < 4.78 is 28.5. The molecule has 9 nitrogen and oxygen atoms in total. The zero-order valence-corrected chi connectivity index (χ0v) is 21.7. The van der Waals surface area contributed by atoms with Gasteiger partial charge >= 0.3 is 6.09 Å². The Hall–Kier alpha value is -2.20. The van der Waals surface area contributed by atoms with Gasteiger partial charge in [0.2, 0.25) is 5.91 Å². The minimum absolute atomic E-state index is 0.0110. The average molecular weight is 493 g/mol. The second kappa shape index (κ2) is 11.7. The molecule has 3 heterocycles. The van der Waals surface area contributed by atoms with Gasteiger partial charge in [-0.2, -0.15) is 0 Å². The maximum atomic E-state index is 12.1. The fourth-order valence-electron chi connectivity index (χ4n) is 4.28. The van der Waals surface area contributed by atoms with Crippen molar-refractivity contribution in [3.63, 3.8) is 0 Å². The highest BCUT2D eigenvalue weighted by Crippen LogP contribution is 2.46. The summed E-state index contributed by atoms with van der Waals surface area (Å²) in [5.41, 5.74) is 0.945. The molecule has 0 saturated carbocycles. The number of allylic oxidation sites excluding steroid dienone is 2. The van der Waals surface area contributed by atoms with Gasteiger partial charge in [0.05, 0.1) is 43.2 Å². The fraction of sp³-hybridized carbons (Fsp3) is 0.692. The molecule has 0 aromatic carbocycles. The lowest BCUT2D eigenvalue weighted by atomic mass is 9.85. The molecule has 3 rings (SSSR count). The molecule has 196 valence electrons. The van der Waals surface area contributed by atoms with Gasteiger partial charge in [0, 0.05) is 39.4 Å². The lowest BCUT2D eigenvalue weighted by molar-refractivity contribution is -0.187. The van der Waals surface area contributed by atoms with E-state index in [1.165, 1.54) is 17.1 Å². The van der Waals surface area contributed by atoms with Gasteiger partial charge in [-0.05, 0) is 33.8 Å². The zero-order chi connectivity index (χ0) is 25.6. The minimum atomic E-state index is -0.512. The van der Waals surface area contributed by atoms with E-state index in [9.17, 15) is 9.59 Å². The normalized spacial score (nSPS) is 31.5. The van der Waals surface area contributed by atoms with Crippen LogP contribution in [0.15, 0.2) is 36.0 Å². The van der Waals surface area contributed by atoms with Crippen molar-refractivity contribution in [2.24, 2.45) is 0 Å². The van der Waals surface area contributed by atoms with Crippen molar-refractivity contribution in [2.75, 3.05) is 33.9 Å². The first-order chi connectivity index (χ1) is 16.5. The quantitative estimate of drug-likeness (QED) is 0.316. The predicted molar refractivity (Wildman–Crippen MR) is 131 cm³/mol. The number of amides is 2. The monoisotopic (exact) mass is 492 g/mol. The summed E-state index contributed by atoms with van der Waals surface area (Å²) in [5.74, 6) is -0.291. The SMILES string of the molecule is CC(/C=C/C1C[C@]2(CO2)CC(C)(C)O1)=C\C[C@H]1OC[C@@H](NC(=O)/C=C\[C@H](C)OC(=O)N(C)C)CO1. The van der Waals surface area contributed by atoms with Crippen LogP contribution in [0.5, 0.6) is 0 Å². The lowest BCUT2D eigenvalue weighted by Crippen LogP contribution is -2.46. The van der Waals surface area contributed by atoms with Crippen molar-refractivity contribution in [3.8, 4) is 0 Å². The first-order valence-electron chi connectivity index (χ1n) is 12.2. The third-order valence-electron chi connectivity index (χ3n) is 6.03. The Morgan fingerprint density at radius 2 is 1.89 bits per heavy atom. The third kappa shape index (κ3) is 9.07. The molecule has 0 aromatic heterocycles. The van der Waals surface area contributed by atoms with Gasteiger partial charge in [-0.1, -0.05) is 23.8 Å². The summed E-state index contributed by atoms with van der Waals surface area (Å²) in [6.45, 7) is 9.53. The summed E-state index contributed by atoms with van der Waals surface area (Å²) in [7, 11) is 3.20. The van der Waals surface area contributed by atoms with Crippen LogP contribution < -0.4 is 5.32 Å². The number of epoxide rings is 1. The third-order valence-corrected chi connectivity index (χ3v) is 6.03. The standard InChI is InChI=1S/C26H40N2O7/c1-18(7-10-21-13-26(17-33-26)16-25(3,4)35-21)8-12-23-31-14-20(15-32-23)27-22(29)11-9-19(2)34-24(30)28(5)6/h7-11,19-21,23H,12-17H2,1-6H3,(H,27,29)/b10-7+,11-9-,18-8+/t19-,20-,21?,23+,26+/m0/s1. The minimum Gasteiger partial charge on any atom is -0.442 e. The Kier molecular flexibility index (Phi) is 9.15. The van der Waals surface area contributed by atoms with Crippen LogP contribution >= 0.6 is 0 Å². The smallest absolute Gasteiger partial charge is 0.409 e. The summed E-state index contributed by atoms with van der Waals surface area (Å²) in [4.78, 5) is 25.0.